The number of hydrogen-bond acceptors (Lipinski definition) is 6. The molecule has 0 aliphatic carbocycles. The van der Waals surface area contributed by atoms with Crippen LogP contribution in [0.1, 0.15) is 12.8 Å². The molecule has 0 aliphatic heterocycles. The van der Waals surface area contributed by atoms with Gasteiger partial charge in [0.25, 0.3) is 0 Å². The van der Waals surface area contributed by atoms with E-state index in [1.54, 1.807) is 13.2 Å². The lowest BCUT2D eigenvalue weighted by atomic mass is 10.3. The number of nitrogens with two attached hydrogens (primary N) is 1. The molecule has 96 valence electrons. The van der Waals surface area contributed by atoms with Crippen molar-refractivity contribution < 1.29 is 4.79 Å². The smallest absolute Gasteiger partial charge is 0.226 e. The molecule has 2 aromatic heterocycles. The van der Waals surface area contributed by atoms with Crippen LogP contribution in [0.15, 0.2) is 6.20 Å². The molecular formula is C10H15N7O. The molecule has 0 aromatic carbocycles. The minimum atomic E-state index is -0.302. The lowest BCUT2D eigenvalue weighted by Gasteiger charge is -2.07. The van der Waals surface area contributed by atoms with Gasteiger partial charge in [0.05, 0.1) is 11.6 Å². The van der Waals surface area contributed by atoms with Crippen molar-refractivity contribution in [3.8, 4) is 0 Å². The van der Waals surface area contributed by atoms with E-state index in [-0.39, 0.29) is 5.91 Å². The lowest BCUT2D eigenvalue weighted by molar-refractivity contribution is -0.118. The number of fused-ring (bicyclic) bond motifs is 1. The van der Waals surface area contributed by atoms with E-state index in [0.29, 0.717) is 36.8 Å². The van der Waals surface area contributed by atoms with Gasteiger partial charge in [-0.1, -0.05) is 0 Å². The Bertz CT molecular complexity index is 550. The molecule has 0 unspecified atom stereocenters. The first-order valence-corrected chi connectivity index (χ1v) is 5.61. The van der Waals surface area contributed by atoms with Gasteiger partial charge in [0, 0.05) is 20.0 Å². The lowest BCUT2D eigenvalue weighted by Crippen LogP contribution is -2.13. The van der Waals surface area contributed by atoms with Crippen molar-refractivity contribution in [2.45, 2.75) is 12.8 Å². The quantitative estimate of drug-likeness (QED) is 0.537. The van der Waals surface area contributed by atoms with Gasteiger partial charge in [0.15, 0.2) is 5.65 Å². The molecule has 8 nitrogen and oxygen atoms in total. The van der Waals surface area contributed by atoms with Gasteiger partial charge in [-0.3, -0.25) is 9.89 Å². The Hall–Kier alpha value is -2.38. The maximum absolute atomic E-state index is 10.6. The number of carbonyl (C=O) groups excluding carboxylic acids is 1. The van der Waals surface area contributed by atoms with Crippen LogP contribution in [0.2, 0.25) is 0 Å². The van der Waals surface area contributed by atoms with Crippen molar-refractivity contribution in [1.29, 1.82) is 0 Å². The van der Waals surface area contributed by atoms with Crippen LogP contribution in [0.5, 0.6) is 0 Å². The summed E-state index contributed by atoms with van der Waals surface area (Å²) >= 11 is 0. The third kappa shape index (κ3) is 2.65. The zero-order valence-electron chi connectivity index (χ0n) is 10.0. The van der Waals surface area contributed by atoms with E-state index in [2.05, 4.69) is 30.8 Å². The number of primary amides is 1. The van der Waals surface area contributed by atoms with E-state index in [0.717, 1.165) is 5.39 Å². The molecule has 0 bridgehead atoms. The summed E-state index contributed by atoms with van der Waals surface area (Å²) in [6, 6.07) is 0. The largest absolute Gasteiger partial charge is 0.370 e. The maximum Gasteiger partial charge on any atom is 0.226 e. The van der Waals surface area contributed by atoms with Crippen LogP contribution in [0.3, 0.4) is 0 Å². The zero-order valence-corrected chi connectivity index (χ0v) is 10.0. The molecule has 0 saturated carbocycles. The first-order valence-electron chi connectivity index (χ1n) is 5.61. The molecule has 0 radical (unpaired) electrons. The van der Waals surface area contributed by atoms with Crippen LogP contribution < -0.4 is 16.4 Å². The average Bonchev–Trinajstić information content (AvgIpc) is 2.82. The average molecular weight is 249 g/mol. The topological polar surface area (TPSA) is 122 Å². The fourth-order valence-corrected chi connectivity index (χ4v) is 1.55. The third-order valence-electron chi connectivity index (χ3n) is 2.43. The SMILES string of the molecule is CNc1nc(NCCCC(N)=O)c2cn[nH]c2n1. The minimum Gasteiger partial charge on any atom is -0.370 e. The Kier molecular flexibility index (Phi) is 3.56. The molecule has 18 heavy (non-hydrogen) atoms. The van der Waals surface area contributed by atoms with Gasteiger partial charge >= 0.3 is 0 Å². The number of aromatic amines is 1. The summed E-state index contributed by atoms with van der Waals surface area (Å²) in [6.07, 6.45) is 2.67. The second-order valence-electron chi connectivity index (χ2n) is 3.77. The number of nitrogens with one attached hydrogen (secondary N) is 3. The third-order valence-corrected chi connectivity index (χ3v) is 2.43. The molecule has 0 aliphatic rings. The Morgan fingerprint density at radius 3 is 3.06 bits per heavy atom. The molecule has 0 spiro atoms. The Morgan fingerprint density at radius 1 is 1.50 bits per heavy atom. The molecule has 0 atom stereocenters. The van der Waals surface area contributed by atoms with Gasteiger partial charge in [0.1, 0.15) is 5.82 Å². The van der Waals surface area contributed by atoms with Crippen molar-refractivity contribution in [1.82, 2.24) is 20.2 Å². The number of anilines is 2. The number of nitrogens with zero attached hydrogens (tertiary/aromatic N) is 3. The number of amides is 1. The Labute approximate surface area is 103 Å². The second kappa shape index (κ2) is 5.30. The predicted octanol–water partition coefficient (Wildman–Crippen LogP) is 0.0720. The highest BCUT2D eigenvalue weighted by molar-refractivity contribution is 5.86. The molecule has 2 heterocycles. The number of carbonyl (C=O) groups is 1. The molecule has 2 aromatic rings. The maximum atomic E-state index is 10.6. The van der Waals surface area contributed by atoms with Gasteiger partial charge in [-0.2, -0.15) is 15.1 Å². The first-order chi connectivity index (χ1) is 8.70. The number of rotatable bonds is 6. The number of hydrogen-bond donors (Lipinski definition) is 4. The normalized spacial score (nSPS) is 10.5. The van der Waals surface area contributed by atoms with Gasteiger partial charge < -0.3 is 16.4 Å². The van der Waals surface area contributed by atoms with Crippen molar-refractivity contribution in [3.63, 3.8) is 0 Å². The fourth-order valence-electron chi connectivity index (χ4n) is 1.55. The molecule has 2 rings (SSSR count). The monoisotopic (exact) mass is 249 g/mol. The molecular weight excluding hydrogens is 234 g/mol. The predicted molar refractivity (Wildman–Crippen MR) is 68.1 cm³/mol. The summed E-state index contributed by atoms with van der Waals surface area (Å²) in [5, 5.41) is 13.5. The van der Waals surface area contributed by atoms with Crippen LogP contribution in [0.4, 0.5) is 11.8 Å². The van der Waals surface area contributed by atoms with Crippen LogP contribution in [-0.4, -0.2) is 39.7 Å². The van der Waals surface area contributed by atoms with Crippen molar-refractivity contribution in [3.05, 3.63) is 6.20 Å². The van der Waals surface area contributed by atoms with Crippen LogP contribution in [-0.2, 0) is 4.79 Å². The first kappa shape index (κ1) is 12.1. The van der Waals surface area contributed by atoms with Crippen LogP contribution >= 0.6 is 0 Å². The highest BCUT2D eigenvalue weighted by Gasteiger charge is 2.08. The van der Waals surface area contributed by atoms with Crippen LogP contribution in [0.25, 0.3) is 11.0 Å². The van der Waals surface area contributed by atoms with E-state index in [1.807, 2.05) is 0 Å². The summed E-state index contributed by atoms with van der Waals surface area (Å²) < 4.78 is 0. The van der Waals surface area contributed by atoms with Crippen molar-refractivity contribution >= 4 is 28.7 Å². The van der Waals surface area contributed by atoms with Crippen molar-refractivity contribution in [2.75, 3.05) is 24.2 Å². The van der Waals surface area contributed by atoms with Gasteiger partial charge in [-0.05, 0) is 6.42 Å². The molecule has 0 saturated heterocycles. The summed E-state index contributed by atoms with van der Waals surface area (Å²) in [5.74, 6) is 0.885. The highest BCUT2D eigenvalue weighted by atomic mass is 16.1. The van der Waals surface area contributed by atoms with E-state index >= 15 is 0 Å². The van der Waals surface area contributed by atoms with Gasteiger partial charge in [-0.15, -0.1) is 0 Å². The summed E-state index contributed by atoms with van der Waals surface area (Å²) in [5.41, 5.74) is 5.73. The Balaban J connectivity index is 2.10. The highest BCUT2D eigenvalue weighted by Crippen LogP contribution is 2.19. The van der Waals surface area contributed by atoms with Gasteiger partial charge in [0.2, 0.25) is 11.9 Å². The summed E-state index contributed by atoms with van der Waals surface area (Å²) in [4.78, 5) is 19.1. The summed E-state index contributed by atoms with van der Waals surface area (Å²) in [6.45, 7) is 0.614. The van der Waals surface area contributed by atoms with Gasteiger partial charge in [-0.25, -0.2) is 0 Å². The van der Waals surface area contributed by atoms with Crippen LogP contribution in [0, 0.1) is 0 Å². The fraction of sp³-hybridized carbons (Fsp3) is 0.400. The number of H-pyrrole nitrogens is 1. The van der Waals surface area contributed by atoms with E-state index < -0.39 is 0 Å². The summed E-state index contributed by atoms with van der Waals surface area (Å²) in [7, 11) is 1.74. The minimum absolute atomic E-state index is 0.302. The van der Waals surface area contributed by atoms with Crippen molar-refractivity contribution in [2.24, 2.45) is 5.73 Å². The molecule has 8 heteroatoms. The number of aromatic nitrogens is 4. The molecule has 5 N–H and O–H groups in total. The Morgan fingerprint density at radius 2 is 2.33 bits per heavy atom. The molecule has 1 amide bonds. The van der Waals surface area contributed by atoms with E-state index in [4.69, 9.17) is 5.73 Å². The standard InChI is InChI=1S/C10H15N7O/c1-12-10-15-8(13-4-2-3-7(11)18)6-5-14-17-9(6)16-10/h5H,2-4H2,1H3,(H2,11,18)(H3,12,13,14,15,16,17). The zero-order chi connectivity index (χ0) is 13.0. The molecule has 0 fully saturated rings. The van der Waals surface area contributed by atoms with E-state index in [1.165, 1.54) is 0 Å². The van der Waals surface area contributed by atoms with E-state index in [9.17, 15) is 4.79 Å². The second-order valence-corrected chi connectivity index (χ2v) is 3.77.